The summed E-state index contributed by atoms with van der Waals surface area (Å²) in [5.74, 6) is 0.782. The monoisotopic (exact) mass is 213 g/mol. The molecule has 1 saturated carbocycles. The molecule has 82 valence electrons. The smallest absolute Gasteiger partial charge is 0.0439 e. The predicted molar refractivity (Wildman–Crippen MR) is 67.3 cm³/mol. The van der Waals surface area contributed by atoms with Crippen molar-refractivity contribution in [3.8, 4) is 0 Å². The molecule has 0 aliphatic heterocycles. The van der Waals surface area contributed by atoms with E-state index in [0.717, 1.165) is 28.1 Å². The Bertz CT molecular complexity index is 536. The van der Waals surface area contributed by atoms with Crippen LogP contribution in [0.15, 0.2) is 30.6 Å². The Morgan fingerprint density at radius 2 is 2.12 bits per heavy atom. The zero-order chi connectivity index (χ0) is 11.1. The summed E-state index contributed by atoms with van der Waals surface area (Å²) in [6.07, 6.45) is 4.91. The second-order valence-electron chi connectivity index (χ2n) is 4.59. The molecule has 0 spiro atoms. The molecule has 16 heavy (non-hydrogen) atoms. The average molecular weight is 213 g/mol. The van der Waals surface area contributed by atoms with E-state index in [4.69, 9.17) is 5.73 Å². The van der Waals surface area contributed by atoms with Crippen LogP contribution < -0.4 is 11.1 Å². The standard InChI is InChI=1S/C13H15N3/c1-8-6-13(8)16-12-3-2-11(14)9-4-5-15-7-10(9)12/h2-5,7-8,13,16H,6,14H2,1H3. The summed E-state index contributed by atoms with van der Waals surface area (Å²) in [4.78, 5) is 4.17. The van der Waals surface area contributed by atoms with Crippen molar-refractivity contribution in [2.45, 2.75) is 19.4 Å². The summed E-state index contributed by atoms with van der Waals surface area (Å²) >= 11 is 0. The number of hydrogen-bond donors (Lipinski definition) is 2. The number of rotatable bonds is 2. The van der Waals surface area contributed by atoms with Gasteiger partial charge in [0.05, 0.1) is 0 Å². The Morgan fingerprint density at radius 1 is 1.31 bits per heavy atom. The van der Waals surface area contributed by atoms with Crippen molar-refractivity contribution < 1.29 is 0 Å². The van der Waals surface area contributed by atoms with E-state index < -0.39 is 0 Å². The van der Waals surface area contributed by atoms with Gasteiger partial charge in [-0.1, -0.05) is 6.92 Å². The first-order chi connectivity index (χ1) is 7.75. The van der Waals surface area contributed by atoms with Gasteiger partial charge in [0.25, 0.3) is 0 Å². The summed E-state index contributed by atoms with van der Waals surface area (Å²) in [7, 11) is 0. The number of fused-ring (bicyclic) bond motifs is 1. The number of hydrogen-bond acceptors (Lipinski definition) is 3. The van der Waals surface area contributed by atoms with Crippen LogP contribution in [0.4, 0.5) is 11.4 Å². The van der Waals surface area contributed by atoms with Crippen molar-refractivity contribution in [1.29, 1.82) is 0 Å². The van der Waals surface area contributed by atoms with E-state index >= 15 is 0 Å². The molecule has 2 atom stereocenters. The maximum Gasteiger partial charge on any atom is 0.0439 e. The minimum atomic E-state index is 0.618. The molecule has 3 N–H and O–H groups in total. The second-order valence-corrected chi connectivity index (χ2v) is 4.59. The van der Waals surface area contributed by atoms with E-state index in [1.165, 1.54) is 6.42 Å². The van der Waals surface area contributed by atoms with E-state index in [-0.39, 0.29) is 0 Å². The molecule has 1 aromatic carbocycles. The minimum Gasteiger partial charge on any atom is -0.398 e. The van der Waals surface area contributed by atoms with Crippen LogP contribution in [0.3, 0.4) is 0 Å². The van der Waals surface area contributed by atoms with E-state index in [1.54, 1.807) is 6.20 Å². The zero-order valence-electron chi connectivity index (χ0n) is 9.27. The molecule has 0 radical (unpaired) electrons. The van der Waals surface area contributed by atoms with Gasteiger partial charge in [0.1, 0.15) is 0 Å². The third-order valence-corrected chi connectivity index (χ3v) is 3.30. The summed E-state index contributed by atoms with van der Waals surface area (Å²) in [5.41, 5.74) is 7.90. The first kappa shape index (κ1) is 9.46. The fourth-order valence-electron chi connectivity index (χ4n) is 2.06. The fraction of sp³-hybridized carbons (Fsp3) is 0.308. The SMILES string of the molecule is CC1CC1Nc1ccc(N)c2ccncc12. The van der Waals surface area contributed by atoms with Crippen LogP contribution in [0.25, 0.3) is 10.8 Å². The third kappa shape index (κ3) is 1.48. The Hall–Kier alpha value is -1.77. The maximum absolute atomic E-state index is 5.94. The molecule has 1 heterocycles. The molecular weight excluding hydrogens is 198 g/mol. The molecule has 0 bridgehead atoms. The lowest BCUT2D eigenvalue weighted by molar-refractivity contribution is 0.930. The van der Waals surface area contributed by atoms with Gasteiger partial charge in [-0.15, -0.1) is 0 Å². The number of nitrogens with two attached hydrogens (primary N) is 1. The number of pyridine rings is 1. The molecule has 2 aromatic rings. The van der Waals surface area contributed by atoms with Crippen LogP contribution in [0.1, 0.15) is 13.3 Å². The van der Waals surface area contributed by atoms with Crippen LogP contribution >= 0.6 is 0 Å². The van der Waals surface area contributed by atoms with Gasteiger partial charge in [0, 0.05) is 40.6 Å². The van der Waals surface area contributed by atoms with Crippen LogP contribution in [0, 0.1) is 5.92 Å². The van der Waals surface area contributed by atoms with Gasteiger partial charge in [-0.25, -0.2) is 0 Å². The summed E-state index contributed by atoms with van der Waals surface area (Å²) in [6, 6.07) is 6.58. The van der Waals surface area contributed by atoms with Gasteiger partial charge < -0.3 is 11.1 Å². The molecule has 1 aliphatic carbocycles. The number of nitrogens with one attached hydrogen (secondary N) is 1. The molecule has 1 aromatic heterocycles. The number of aromatic nitrogens is 1. The van der Waals surface area contributed by atoms with Gasteiger partial charge >= 0.3 is 0 Å². The molecule has 3 nitrogen and oxygen atoms in total. The van der Waals surface area contributed by atoms with Crippen molar-refractivity contribution in [3.63, 3.8) is 0 Å². The highest BCUT2D eigenvalue weighted by Gasteiger charge is 2.32. The first-order valence-corrected chi connectivity index (χ1v) is 5.64. The van der Waals surface area contributed by atoms with Gasteiger partial charge in [0.15, 0.2) is 0 Å². The van der Waals surface area contributed by atoms with Crippen molar-refractivity contribution >= 4 is 22.1 Å². The summed E-state index contributed by atoms with van der Waals surface area (Å²) in [6.45, 7) is 2.26. The molecule has 1 fully saturated rings. The minimum absolute atomic E-state index is 0.618. The lowest BCUT2D eigenvalue weighted by atomic mass is 10.1. The van der Waals surface area contributed by atoms with E-state index in [2.05, 4.69) is 17.2 Å². The highest BCUT2D eigenvalue weighted by molar-refractivity contribution is 6.00. The third-order valence-electron chi connectivity index (χ3n) is 3.30. The highest BCUT2D eigenvalue weighted by atomic mass is 15.0. The summed E-state index contributed by atoms with van der Waals surface area (Å²) in [5, 5.41) is 5.73. The van der Waals surface area contributed by atoms with E-state index in [1.807, 2.05) is 24.4 Å². The van der Waals surface area contributed by atoms with Gasteiger partial charge in [-0.05, 0) is 30.5 Å². The second kappa shape index (κ2) is 3.37. The Balaban J connectivity index is 2.07. The van der Waals surface area contributed by atoms with E-state index in [0.29, 0.717) is 6.04 Å². The molecule has 1 aliphatic rings. The lowest BCUT2D eigenvalue weighted by Gasteiger charge is -2.10. The number of nitrogens with zero attached hydrogens (tertiary/aromatic N) is 1. The molecule has 3 rings (SSSR count). The quantitative estimate of drug-likeness (QED) is 0.754. The molecular formula is C13H15N3. The van der Waals surface area contributed by atoms with Crippen molar-refractivity contribution in [3.05, 3.63) is 30.6 Å². The Kier molecular flexibility index (Phi) is 1.99. The normalized spacial score (nSPS) is 23.3. The van der Waals surface area contributed by atoms with Gasteiger partial charge in [-0.3, -0.25) is 4.98 Å². The van der Waals surface area contributed by atoms with E-state index in [9.17, 15) is 0 Å². The Morgan fingerprint density at radius 3 is 2.88 bits per heavy atom. The van der Waals surface area contributed by atoms with Crippen molar-refractivity contribution in [2.75, 3.05) is 11.1 Å². The topological polar surface area (TPSA) is 50.9 Å². The Labute approximate surface area is 94.7 Å². The maximum atomic E-state index is 5.94. The molecule has 2 unspecified atom stereocenters. The van der Waals surface area contributed by atoms with Crippen LogP contribution in [0.2, 0.25) is 0 Å². The number of anilines is 2. The fourth-order valence-corrected chi connectivity index (χ4v) is 2.06. The highest BCUT2D eigenvalue weighted by Crippen LogP contribution is 2.35. The van der Waals surface area contributed by atoms with Gasteiger partial charge in [0.2, 0.25) is 0 Å². The predicted octanol–water partition coefficient (Wildman–Crippen LogP) is 2.64. The van der Waals surface area contributed by atoms with Crippen molar-refractivity contribution in [2.24, 2.45) is 5.92 Å². The van der Waals surface area contributed by atoms with Crippen LogP contribution in [-0.2, 0) is 0 Å². The number of benzene rings is 1. The number of nitrogen functional groups attached to an aromatic ring is 1. The van der Waals surface area contributed by atoms with Gasteiger partial charge in [-0.2, -0.15) is 0 Å². The van der Waals surface area contributed by atoms with Crippen LogP contribution in [0.5, 0.6) is 0 Å². The average Bonchev–Trinajstić information content (AvgIpc) is 2.99. The summed E-state index contributed by atoms with van der Waals surface area (Å²) < 4.78 is 0. The largest absolute Gasteiger partial charge is 0.398 e. The first-order valence-electron chi connectivity index (χ1n) is 5.64. The lowest BCUT2D eigenvalue weighted by Crippen LogP contribution is -2.04. The molecule has 0 saturated heterocycles. The molecule has 0 amide bonds. The zero-order valence-corrected chi connectivity index (χ0v) is 9.27. The molecule has 3 heteroatoms. The van der Waals surface area contributed by atoms with Crippen molar-refractivity contribution in [1.82, 2.24) is 4.98 Å². The van der Waals surface area contributed by atoms with Crippen LogP contribution in [-0.4, -0.2) is 11.0 Å².